The Labute approximate surface area is 80.2 Å². The molecule has 2 heterocycles. The predicted molar refractivity (Wildman–Crippen MR) is 49.6 cm³/mol. The molecular weight excluding hydrogens is 180 g/mol. The fourth-order valence-electron chi connectivity index (χ4n) is 0.972. The largest absolute Gasteiger partial charge is 0.320 e. The van der Waals surface area contributed by atoms with Crippen LogP contribution < -0.4 is 5.32 Å². The summed E-state index contributed by atoms with van der Waals surface area (Å²) in [5.74, 6) is -0.294. The zero-order chi connectivity index (χ0) is 9.80. The van der Waals surface area contributed by atoms with Crippen LogP contribution in [-0.4, -0.2) is 21.1 Å². The lowest BCUT2D eigenvalue weighted by atomic mass is 10.3. The summed E-state index contributed by atoms with van der Waals surface area (Å²) in [5, 5.41) is 8.87. The maximum atomic E-state index is 11.4. The summed E-state index contributed by atoms with van der Waals surface area (Å²) in [5.41, 5.74) is 0.920. The van der Waals surface area contributed by atoms with Crippen molar-refractivity contribution in [2.75, 3.05) is 5.32 Å². The number of nitrogens with one attached hydrogen (secondary N) is 2. The van der Waals surface area contributed by atoms with Crippen LogP contribution >= 0.6 is 0 Å². The number of rotatable bonds is 2. The van der Waals surface area contributed by atoms with Crippen LogP contribution in [0.2, 0.25) is 0 Å². The van der Waals surface area contributed by atoms with Gasteiger partial charge < -0.3 is 5.32 Å². The molecule has 0 bridgehead atoms. The van der Waals surface area contributed by atoms with Crippen molar-refractivity contribution in [1.82, 2.24) is 15.2 Å². The number of hydrogen-bond donors (Lipinski definition) is 2. The molecule has 0 aliphatic heterocycles. The molecule has 1 radical (unpaired) electrons. The van der Waals surface area contributed by atoms with Crippen LogP contribution in [0.25, 0.3) is 0 Å². The summed E-state index contributed by atoms with van der Waals surface area (Å²) in [4.78, 5) is 15.3. The fraction of sp³-hybridized carbons (Fsp3) is 0. The number of nitrogens with zero attached hydrogens (tertiary/aromatic N) is 2. The van der Waals surface area contributed by atoms with Gasteiger partial charge >= 0.3 is 0 Å². The second kappa shape index (κ2) is 3.69. The van der Waals surface area contributed by atoms with Crippen LogP contribution in [0.1, 0.15) is 10.5 Å². The van der Waals surface area contributed by atoms with Crippen LogP contribution in [-0.2, 0) is 0 Å². The van der Waals surface area contributed by atoms with Crippen LogP contribution in [0.5, 0.6) is 0 Å². The van der Waals surface area contributed by atoms with Gasteiger partial charge in [-0.2, -0.15) is 5.10 Å². The zero-order valence-corrected chi connectivity index (χ0v) is 7.19. The first-order chi connectivity index (χ1) is 6.86. The number of aromatic amines is 1. The molecule has 14 heavy (non-hydrogen) atoms. The third-order valence-corrected chi connectivity index (χ3v) is 1.60. The third kappa shape index (κ3) is 1.77. The van der Waals surface area contributed by atoms with Crippen LogP contribution in [0.3, 0.4) is 0 Å². The van der Waals surface area contributed by atoms with Crippen molar-refractivity contribution in [3.05, 3.63) is 42.5 Å². The lowest BCUT2D eigenvalue weighted by Crippen LogP contribution is -2.12. The first-order valence-electron chi connectivity index (χ1n) is 3.99. The third-order valence-electron chi connectivity index (χ3n) is 1.60. The summed E-state index contributed by atoms with van der Waals surface area (Å²) >= 11 is 0. The van der Waals surface area contributed by atoms with E-state index in [1.54, 1.807) is 24.5 Å². The van der Waals surface area contributed by atoms with E-state index in [4.69, 9.17) is 0 Å². The Kier molecular flexibility index (Phi) is 2.22. The molecule has 0 saturated heterocycles. The zero-order valence-electron chi connectivity index (χ0n) is 7.19. The molecule has 1 amide bonds. The highest BCUT2D eigenvalue weighted by Crippen LogP contribution is 2.04. The topological polar surface area (TPSA) is 70.7 Å². The Morgan fingerprint density at radius 3 is 2.86 bits per heavy atom. The summed E-state index contributed by atoms with van der Waals surface area (Å²) in [7, 11) is 0. The monoisotopic (exact) mass is 187 g/mol. The Morgan fingerprint density at radius 1 is 1.43 bits per heavy atom. The van der Waals surface area contributed by atoms with E-state index in [1.165, 1.54) is 6.20 Å². The van der Waals surface area contributed by atoms with E-state index in [1.807, 2.05) is 0 Å². The summed E-state index contributed by atoms with van der Waals surface area (Å²) in [6.45, 7) is 0. The van der Waals surface area contributed by atoms with Gasteiger partial charge in [0.05, 0.1) is 0 Å². The normalized spacial score (nSPS) is 9.71. The second-order valence-corrected chi connectivity index (χ2v) is 2.57. The minimum atomic E-state index is -0.294. The number of hydrogen-bond acceptors (Lipinski definition) is 3. The summed E-state index contributed by atoms with van der Waals surface area (Å²) in [6, 6.07) is 6.06. The Morgan fingerprint density at radius 2 is 2.21 bits per heavy atom. The average molecular weight is 187 g/mol. The molecular formula is C9H7N4O. The maximum absolute atomic E-state index is 11.4. The number of H-pyrrole nitrogens is 1. The van der Waals surface area contributed by atoms with E-state index in [0.717, 1.165) is 0 Å². The van der Waals surface area contributed by atoms with Gasteiger partial charge in [0, 0.05) is 30.3 Å². The molecule has 0 atom stereocenters. The summed E-state index contributed by atoms with van der Waals surface area (Å²) < 4.78 is 0. The van der Waals surface area contributed by atoms with Crippen LogP contribution in [0.15, 0.2) is 30.7 Å². The Bertz CT molecular complexity index is 410. The number of carbonyl (C=O) groups excluding carboxylic acids is 1. The lowest BCUT2D eigenvalue weighted by molar-refractivity contribution is 0.102. The van der Waals surface area contributed by atoms with Gasteiger partial charge in [0.1, 0.15) is 0 Å². The highest BCUT2D eigenvalue weighted by Gasteiger charge is 2.07. The molecule has 0 aliphatic carbocycles. The van der Waals surface area contributed by atoms with Gasteiger partial charge in [0.2, 0.25) is 0 Å². The average Bonchev–Trinajstić information content (AvgIpc) is 2.72. The number of anilines is 1. The van der Waals surface area contributed by atoms with Crippen LogP contribution in [0.4, 0.5) is 5.69 Å². The van der Waals surface area contributed by atoms with E-state index in [0.29, 0.717) is 5.69 Å². The Hall–Kier alpha value is -2.17. The van der Waals surface area contributed by atoms with Crippen molar-refractivity contribution in [3.8, 4) is 0 Å². The first-order valence-corrected chi connectivity index (χ1v) is 3.99. The van der Waals surface area contributed by atoms with Gasteiger partial charge in [0.15, 0.2) is 5.69 Å². The van der Waals surface area contributed by atoms with Gasteiger partial charge in [-0.15, -0.1) is 0 Å². The second-order valence-electron chi connectivity index (χ2n) is 2.57. The standard InChI is InChI=1S/C9H7N4O/c14-9(8-3-6-11-13-8)12-7-1-4-10-5-2-7/h1-2,4-6H,(H,11,13)(H,10,12,14). The smallest absolute Gasteiger partial charge is 0.276 e. The van der Waals surface area contributed by atoms with Gasteiger partial charge in [-0.3, -0.25) is 14.9 Å². The van der Waals surface area contributed by atoms with Gasteiger partial charge in [-0.05, 0) is 12.1 Å². The fourth-order valence-corrected chi connectivity index (χ4v) is 0.972. The minimum absolute atomic E-state index is 0.238. The molecule has 2 aromatic heterocycles. The van der Waals surface area contributed by atoms with E-state index >= 15 is 0 Å². The van der Waals surface area contributed by atoms with E-state index in [2.05, 4.69) is 26.6 Å². The quantitative estimate of drug-likeness (QED) is 0.732. The van der Waals surface area contributed by atoms with Gasteiger partial charge in [-0.25, -0.2) is 0 Å². The van der Waals surface area contributed by atoms with Gasteiger partial charge in [0.25, 0.3) is 5.91 Å². The van der Waals surface area contributed by atoms with Crippen molar-refractivity contribution in [1.29, 1.82) is 0 Å². The molecule has 2 aromatic rings. The molecule has 0 aromatic carbocycles. The van der Waals surface area contributed by atoms with Crippen molar-refractivity contribution >= 4 is 11.6 Å². The van der Waals surface area contributed by atoms with E-state index in [9.17, 15) is 4.79 Å². The van der Waals surface area contributed by atoms with Crippen molar-refractivity contribution in [3.63, 3.8) is 0 Å². The van der Waals surface area contributed by atoms with E-state index < -0.39 is 0 Å². The molecule has 0 unspecified atom stereocenters. The maximum Gasteiger partial charge on any atom is 0.276 e. The molecule has 5 heteroatoms. The molecule has 2 rings (SSSR count). The van der Waals surface area contributed by atoms with Gasteiger partial charge in [-0.1, -0.05) is 0 Å². The molecule has 2 N–H and O–H groups in total. The van der Waals surface area contributed by atoms with Crippen molar-refractivity contribution in [2.45, 2.75) is 0 Å². The molecule has 0 fully saturated rings. The van der Waals surface area contributed by atoms with Crippen molar-refractivity contribution < 1.29 is 4.79 Å². The Balaban J connectivity index is 2.10. The molecule has 69 valence electrons. The first kappa shape index (κ1) is 8.43. The molecule has 5 nitrogen and oxygen atoms in total. The lowest BCUT2D eigenvalue weighted by Gasteiger charge is -2.00. The number of pyridine rings is 1. The number of aromatic nitrogens is 3. The SMILES string of the molecule is O=C(Nc1ccncc1)c1[c]c[nH]n1. The highest BCUT2D eigenvalue weighted by atomic mass is 16.1. The molecule has 0 saturated carbocycles. The van der Waals surface area contributed by atoms with E-state index in [-0.39, 0.29) is 11.6 Å². The van der Waals surface area contributed by atoms with Crippen LogP contribution in [0, 0.1) is 6.07 Å². The molecule has 0 spiro atoms. The predicted octanol–water partition coefficient (Wildman–Crippen LogP) is 0.857. The molecule has 0 aliphatic rings. The van der Waals surface area contributed by atoms with Crippen molar-refractivity contribution in [2.24, 2.45) is 0 Å². The summed E-state index contributed by atoms with van der Waals surface area (Å²) in [6.07, 6.45) is 4.68. The minimum Gasteiger partial charge on any atom is -0.320 e. The highest BCUT2D eigenvalue weighted by molar-refractivity contribution is 6.02. The number of amides is 1. The number of carbonyl (C=O) groups is 1.